The number of unbranched alkanes of at least 4 members (excludes halogenated alkanes) is 1. The van der Waals surface area contributed by atoms with Crippen molar-refractivity contribution in [3.63, 3.8) is 0 Å². The first-order valence-electron chi connectivity index (χ1n) is 14.9. The monoisotopic (exact) mass is 605 g/mol. The van der Waals surface area contributed by atoms with Gasteiger partial charge in [0.2, 0.25) is 11.8 Å². The van der Waals surface area contributed by atoms with Gasteiger partial charge < -0.3 is 24.5 Å². The fourth-order valence-corrected chi connectivity index (χ4v) is 7.60. The Morgan fingerprint density at radius 2 is 1.74 bits per heavy atom. The molecule has 3 amide bonds. The highest BCUT2D eigenvalue weighted by Crippen LogP contribution is 2.63. The Hall–Kier alpha value is -3.46. The van der Waals surface area contributed by atoms with Gasteiger partial charge in [-0.2, -0.15) is 0 Å². The smallest absolute Gasteiger partial charge is 0.253 e. The normalized spacial score (nSPS) is 27.2. The lowest BCUT2D eigenvalue weighted by molar-refractivity contribution is -0.150. The Morgan fingerprint density at radius 3 is 2.42 bits per heavy atom. The Bertz CT molecular complexity index is 1390. The Balaban J connectivity index is 1.56. The zero-order valence-corrected chi connectivity index (χ0v) is 25.4. The maximum atomic E-state index is 14.6. The summed E-state index contributed by atoms with van der Waals surface area (Å²) in [5.41, 5.74) is -0.590. The van der Waals surface area contributed by atoms with Gasteiger partial charge in [-0.15, -0.1) is 13.2 Å². The summed E-state index contributed by atoms with van der Waals surface area (Å²) in [7, 11) is 0. The number of aliphatic hydroxyl groups excluding tert-OH is 1. The van der Waals surface area contributed by atoms with Crippen molar-refractivity contribution in [3.8, 4) is 0 Å². The number of carbonyl (C=O) groups excluding carboxylic acids is 3. The quantitative estimate of drug-likeness (QED) is 0.266. The highest BCUT2D eigenvalue weighted by Gasteiger charge is 2.78. The molecule has 1 N–H and O–H groups in total. The molecular weight excluding hydrogens is 566 g/mol. The molecule has 5 rings (SSSR count). The van der Waals surface area contributed by atoms with Crippen LogP contribution in [0.2, 0.25) is 5.02 Å². The van der Waals surface area contributed by atoms with Crippen LogP contribution in [0.3, 0.4) is 0 Å². The Kier molecular flexibility index (Phi) is 9.11. The van der Waals surface area contributed by atoms with Crippen LogP contribution >= 0.6 is 11.6 Å². The summed E-state index contributed by atoms with van der Waals surface area (Å²) in [4.78, 5) is 48.4. The van der Waals surface area contributed by atoms with Gasteiger partial charge in [0.05, 0.1) is 28.1 Å². The number of likely N-dealkylation sites (tertiary alicyclic amines) is 1. The van der Waals surface area contributed by atoms with E-state index in [1.54, 1.807) is 51.1 Å². The largest absolute Gasteiger partial charge is 0.396 e. The zero-order valence-electron chi connectivity index (χ0n) is 24.7. The van der Waals surface area contributed by atoms with Crippen molar-refractivity contribution in [1.29, 1.82) is 0 Å². The summed E-state index contributed by atoms with van der Waals surface area (Å²) in [6.07, 6.45) is 5.32. The molecule has 2 aromatic rings. The summed E-state index contributed by atoms with van der Waals surface area (Å²) >= 11 is 6.55. The second-order valence-corrected chi connectivity index (χ2v) is 12.3. The van der Waals surface area contributed by atoms with Crippen LogP contribution in [0.25, 0.3) is 0 Å². The molecule has 3 aliphatic heterocycles. The van der Waals surface area contributed by atoms with E-state index in [1.807, 2.05) is 37.3 Å². The van der Waals surface area contributed by atoms with Gasteiger partial charge >= 0.3 is 0 Å². The van der Waals surface area contributed by atoms with Gasteiger partial charge in [0.15, 0.2) is 0 Å². The third-order valence-electron chi connectivity index (χ3n) is 9.18. The summed E-state index contributed by atoms with van der Waals surface area (Å²) in [6, 6.07) is 15.8. The predicted octanol–water partition coefficient (Wildman–Crippen LogP) is 4.61. The number of rotatable bonds is 13. The highest BCUT2D eigenvalue weighted by atomic mass is 35.5. The van der Waals surface area contributed by atoms with Gasteiger partial charge in [-0.05, 0) is 50.3 Å². The molecule has 0 radical (unpaired) electrons. The van der Waals surface area contributed by atoms with Crippen molar-refractivity contribution in [2.24, 2.45) is 11.8 Å². The maximum absolute atomic E-state index is 14.6. The van der Waals surface area contributed by atoms with Crippen molar-refractivity contribution in [3.05, 3.63) is 90.5 Å². The van der Waals surface area contributed by atoms with E-state index in [9.17, 15) is 19.5 Å². The van der Waals surface area contributed by atoms with Crippen LogP contribution in [0.5, 0.6) is 0 Å². The van der Waals surface area contributed by atoms with Crippen LogP contribution in [0.4, 0.5) is 5.69 Å². The molecule has 2 aromatic carbocycles. The lowest BCUT2D eigenvalue weighted by Crippen LogP contribution is -2.56. The van der Waals surface area contributed by atoms with E-state index in [4.69, 9.17) is 16.3 Å². The number of amides is 3. The van der Waals surface area contributed by atoms with E-state index in [2.05, 4.69) is 13.2 Å². The lowest BCUT2D eigenvalue weighted by atomic mass is 9.66. The average Bonchev–Trinajstić information content (AvgIpc) is 3.57. The van der Waals surface area contributed by atoms with Crippen LogP contribution in [0.1, 0.15) is 38.2 Å². The molecule has 8 nitrogen and oxygen atoms in total. The van der Waals surface area contributed by atoms with E-state index < -0.39 is 29.1 Å². The van der Waals surface area contributed by atoms with E-state index >= 15 is 0 Å². The Morgan fingerprint density at radius 1 is 1.05 bits per heavy atom. The van der Waals surface area contributed by atoms with Gasteiger partial charge in [0.1, 0.15) is 11.6 Å². The number of hydrogen-bond acceptors (Lipinski definition) is 5. The summed E-state index contributed by atoms with van der Waals surface area (Å²) in [5.74, 6) is -2.33. The molecule has 1 spiro atoms. The van der Waals surface area contributed by atoms with Crippen LogP contribution in [0, 0.1) is 11.8 Å². The van der Waals surface area contributed by atoms with E-state index in [-0.39, 0.29) is 37.4 Å². The molecule has 0 aromatic heterocycles. The number of halogens is 1. The van der Waals surface area contributed by atoms with Crippen LogP contribution in [0.15, 0.2) is 79.9 Å². The Labute approximate surface area is 258 Å². The first-order chi connectivity index (χ1) is 20.7. The SMILES string of the molecule is C=CCN(Cc1ccccc1)C(=O)[C@H]1[C@H]2C(=O)N(CCCCO)C(C(=O)N(CC=C)c3ccccc3Cl)C23CC[C@]1(C)O3. The van der Waals surface area contributed by atoms with Crippen LogP contribution in [-0.4, -0.2) is 76.1 Å². The lowest BCUT2D eigenvalue weighted by Gasteiger charge is -2.37. The van der Waals surface area contributed by atoms with E-state index in [0.717, 1.165) is 5.56 Å². The number of para-hydroxylation sites is 1. The summed E-state index contributed by atoms with van der Waals surface area (Å²) in [5, 5.41) is 9.88. The molecule has 9 heteroatoms. The van der Waals surface area contributed by atoms with E-state index in [0.29, 0.717) is 49.5 Å². The molecule has 0 saturated carbocycles. The molecule has 3 aliphatic rings. The third kappa shape index (κ3) is 5.41. The van der Waals surface area contributed by atoms with Crippen molar-refractivity contribution in [1.82, 2.24) is 9.80 Å². The molecule has 2 bridgehead atoms. The molecular formula is C34H40ClN3O5. The minimum atomic E-state index is -1.17. The van der Waals surface area contributed by atoms with E-state index in [1.165, 1.54) is 0 Å². The number of benzene rings is 2. The number of anilines is 1. The van der Waals surface area contributed by atoms with Crippen molar-refractivity contribution in [2.45, 2.75) is 56.4 Å². The first kappa shape index (κ1) is 31.0. The number of carbonyl (C=O) groups is 3. The number of hydrogen-bond donors (Lipinski definition) is 1. The van der Waals surface area contributed by atoms with Gasteiger partial charge in [-0.25, -0.2) is 0 Å². The number of ether oxygens (including phenoxy) is 1. The molecule has 3 fully saturated rings. The first-order valence-corrected chi connectivity index (χ1v) is 15.3. The number of aliphatic hydroxyl groups is 1. The fourth-order valence-electron chi connectivity index (χ4n) is 7.36. The third-order valence-corrected chi connectivity index (χ3v) is 9.50. The zero-order chi connectivity index (χ0) is 30.8. The molecule has 43 heavy (non-hydrogen) atoms. The minimum absolute atomic E-state index is 0.0247. The van der Waals surface area contributed by atoms with Crippen molar-refractivity contribution in [2.75, 3.05) is 31.1 Å². The van der Waals surface area contributed by atoms with Gasteiger partial charge in [0.25, 0.3) is 5.91 Å². The topological polar surface area (TPSA) is 90.4 Å². The second-order valence-electron chi connectivity index (χ2n) is 11.9. The summed E-state index contributed by atoms with van der Waals surface area (Å²) < 4.78 is 6.83. The van der Waals surface area contributed by atoms with Gasteiger partial charge in [-0.3, -0.25) is 14.4 Å². The van der Waals surface area contributed by atoms with Gasteiger partial charge in [0, 0.05) is 32.8 Å². The van der Waals surface area contributed by atoms with Crippen LogP contribution < -0.4 is 4.90 Å². The minimum Gasteiger partial charge on any atom is -0.396 e. The number of fused-ring (bicyclic) bond motifs is 1. The van der Waals surface area contributed by atoms with Crippen LogP contribution in [-0.2, 0) is 25.7 Å². The average molecular weight is 606 g/mol. The van der Waals surface area contributed by atoms with Gasteiger partial charge in [-0.1, -0.05) is 66.2 Å². The highest BCUT2D eigenvalue weighted by molar-refractivity contribution is 6.34. The predicted molar refractivity (Wildman–Crippen MR) is 166 cm³/mol. The molecule has 2 unspecified atom stereocenters. The summed E-state index contributed by atoms with van der Waals surface area (Å²) in [6.45, 7) is 10.7. The molecule has 228 valence electrons. The standard InChI is InChI=1S/C34H40ClN3O5/c1-4-19-36(23-24-13-7-6-8-14-24)30(40)27-28-31(41)38(21-11-12-22-39)29(34(28)18-17-33(27,3)43-34)32(42)37(20-5-2)26-16-10-9-15-25(26)35/h4-10,13-16,27-29,39H,1-2,11-12,17-23H2,3H3/t27-,28+,29?,33+,34?/m1/s1. The molecule has 3 heterocycles. The molecule has 5 atom stereocenters. The number of nitrogens with zero attached hydrogens (tertiary/aromatic N) is 3. The maximum Gasteiger partial charge on any atom is 0.253 e. The van der Waals surface area contributed by atoms with Crippen molar-refractivity contribution >= 4 is 35.0 Å². The fraction of sp³-hybridized carbons (Fsp3) is 0.441. The second kappa shape index (κ2) is 12.6. The van der Waals surface area contributed by atoms with Crippen molar-refractivity contribution < 1.29 is 24.2 Å². The molecule has 0 aliphatic carbocycles. The molecule has 3 saturated heterocycles.